The Morgan fingerprint density at radius 2 is 2.18 bits per heavy atom. The van der Waals surface area contributed by atoms with Gasteiger partial charge in [-0.2, -0.15) is 11.3 Å². The smallest absolute Gasteiger partial charge is 0.146 e. The molecule has 17 heavy (non-hydrogen) atoms. The molecule has 0 aliphatic carbocycles. The van der Waals surface area contributed by atoms with Crippen LogP contribution in [0.2, 0.25) is 0 Å². The van der Waals surface area contributed by atoms with Gasteiger partial charge < -0.3 is 4.90 Å². The van der Waals surface area contributed by atoms with Crippen LogP contribution >= 0.6 is 27.3 Å². The van der Waals surface area contributed by atoms with Crippen LogP contribution in [-0.4, -0.2) is 7.05 Å². The monoisotopic (exact) mass is 313 g/mol. The van der Waals surface area contributed by atoms with Crippen molar-refractivity contribution in [3.63, 3.8) is 0 Å². The minimum absolute atomic E-state index is 0.167. The lowest BCUT2D eigenvalue weighted by molar-refractivity contribution is 0.621. The molecule has 0 spiro atoms. The summed E-state index contributed by atoms with van der Waals surface area (Å²) in [5.74, 6) is -0.167. The maximum absolute atomic E-state index is 13.9. The van der Waals surface area contributed by atoms with Crippen molar-refractivity contribution >= 4 is 33.0 Å². The Kier molecular flexibility index (Phi) is 4.18. The lowest BCUT2D eigenvalue weighted by Crippen LogP contribution is -2.18. The zero-order valence-corrected chi connectivity index (χ0v) is 11.9. The number of nitrogens with zero attached hydrogens (tertiary/aromatic N) is 1. The maximum Gasteiger partial charge on any atom is 0.146 e. The molecule has 2 aromatic rings. The molecule has 0 aliphatic heterocycles. The molecule has 4 heteroatoms. The Morgan fingerprint density at radius 1 is 1.35 bits per heavy atom. The van der Waals surface area contributed by atoms with E-state index in [1.54, 1.807) is 17.4 Å². The molecule has 1 nitrogen and oxygen atoms in total. The second-order valence-electron chi connectivity index (χ2n) is 3.87. The summed E-state index contributed by atoms with van der Waals surface area (Å²) in [4.78, 5) is 1.95. The molecular weight excluding hydrogens is 301 g/mol. The zero-order chi connectivity index (χ0) is 12.3. The van der Waals surface area contributed by atoms with Gasteiger partial charge in [0, 0.05) is 18.9 Å². The number of hydrogen-bond acceptors (Lipinski definition) is 2. The molecule has 1 aromatic carbocycles. The predicted octanol–water partition coefficient (Wildman–Crippen LogP) is 4.42. The molecule has 0 saturated heterocycles. The van der Waals surface area contributed by atoms with Crippen molar-refractivity contribution in [1.29, 1.82) is 0 Å². The van der Waals surface area contributed by atoms with E-state index in [2.05, 4.69) is 27.4 Å². The second-order valence-corrected chi connectivity index (χ2v) is 5.21. The van der Waals surface area contributed by atoms with E-state index in [1.165, 1.54) is 11.6 Å². The number of benzene rings is 1. The van der Waals surface area contributed by atoms with Crippen LogP contribution in [0.15, 0.2) is 35.0 Å². The summed E-state index contributed by atoms with van der Waals surface area (Å²) in [6.07, 6.45) is 0. The number of para-hydroxylation sites is 1. The number of halogens is 2. The first kappa shape index (κ1) is 12.6. The van der Waals surface area contributed by atoms with Gasteiger partial charge in [-0.3, -0.25) is 0 Å². The number of hydrogen-bond donors (Lipinski definition) is 0. The molecule has 1 heterocycles. The standard InChI is InChI=1S/C13H13BrFNS/c1-16(8-10-5-6-17-9-10)13-11(7-14)3-2-4-12(13)15/h2-6,9H,7-8H2,1H3. The molecule has 0 N–H and O–H groups in total. The van der Waals surface area contributed by atoms with Gasteiger partial charge in [-0.25, -0.2) is 4.39 Å². The minimum atomic E-state index is -0.167. The summed E-state index contributed by atoms with van der Waals surface area (Å²) in [5, 5.41) is 4.79. The van der Waals surface area contributed by atoms with Crippen molar-refractivity contribution in [3.05, 3.63) is 52.0 Å². The molecule has 0 bridgehead atoms. The average molecular weight is 314 g/mol. The normalized spacial score (nSPS) is 10.5. The fourth-order valence-electron chi connectivity index (χ4n) is 1.83. The molecule has 0 radical (unpaired) electrons. The van der Waals surface area contributed by atoms with Crippen LogP contribution in [0.25, 0.3) is 0 Å². The lowest BCUT2D eigenvalue weighted by Gasteiger charge is -2.22. The van der Waals surface area contributed by atoms with Gasteiger partial charge >= 0.3 is 0 Å². The fourth-order valence-corrected chi connectivity index (χ4v) is 2.94. The van der Waals surface area contributed by atoms with E-state index in [0.29, 0.717) is 11.0 Å². The molecule has 2 rings (SSSR count). The molecule has 1 aromatic heterocycles. The first-order chi connectivity index (χ1) is 8.22. The Labute approximate surface area is 113 Å². The van der Waals surface area contributed by atoms with Crippen molar-refractivity contribution in [2.24, 2.45) is 0 Å². The van der Waals surface area contributed by atoms with Gasteiger partial charge in [-0.05, 0) is 34.0 Å². The highest BCUT2D eigenvalue weighted by atomic mass is 79.9. The fraction of sp³-hybridized carbons (Fsp3) is 0.231. The van der Waals surface area contributed by atoms with Crippen LogP contribution in [0.3, 0.4) is 0 Å². The quantitative estimate of drug-likeness (QED) is 0.755. The Hall–Kier alpha value is -0.870. The summed E-state index contributed by atoms with van der Waals surface area (Å²) in [5.41, 5.74) is 2.86. The van der Waals surface area contributed by atoms with Crippen LogP contribution in [0, 0.1) is 5.82 Å². The van der Waals surface area contributed by atoms with Gasteiger partial charge in [0.15, 0.2) is 0 Å². The number of thiophene rings is 1. The molecule has 0 amide bonds. The topological polar surface area (TPSA) is 3.24 Å². The third kappa shape index (κ3) is 2.87. The highest BCUT2D eigenvalue weighted by Crippen LogP contribution is 2.26. The minimum Gasteiger partial charge on any atom is -0.368 e. The van der Waals surface area contributed by atoms with E-state index in [0.717, 1.165) is 12.1 Å². The largest absolute Gasteiger partial charge is 0.368 e. The summed E-state index contributed by atoms with van der Waals surface area (Å²) in [6, 6.07) is 7.26. The Morgan fingerprint density at radius 3 is 2.82 bits per heavy atom. The van der Waals surface area contributed by atoms with Crippen LogP contribution in [0.4, 0.5) is 10.1 Å². The highest BCUT2D eigenvalue weighted by molar-refractivity contribution is 9.08. The van der Waals surface area contributed by atoms with Gasteiger partial charge in [0.1, 0.15) is 5.82 Å². The predicted molar refractivity (Wildman–Crippen MR) is 75.5 cm³/mol. The van der Waals surface area contributed by atoms with E-state index in [1.807, 2.05) is 23.4 Å². The number of anilines is 1. The third-order valence-corrected chi connectivity index (χ3v) is 3.93. The van der Waals surface area contributed by atoms with Gasteiger partial charge in [0.2, 0.25) is 0 Å². The van der Waals surface area contributed by atoms with E-state index in [4.69, 9.17) is 0 Å². The highest BCUT2D eigenvalue weighted by Gasteiger charge is 2.12. The molecule has 0 unspecified atom stereocenters. The molecule has 0 fully saturated rings. The SMILES string of the molecule is CN(Cc1ccsc1)c1c(F)cccc1CBr. The Bertz CT molecular complexity index is 484. The van der Waals surface area contributed by atoms with Crippen molar-refractivity contribution in [2.75, 3.05) is 11.9 Å². The van der Waals surface area contributed by atoms with Crippen LogP contribution in [0.5, 0.6) is 0 Å². The number of alkyl halides is 1. The van der Waals surface area contributed by atoms with Gasteiger partial charge in [-0.15, -0.1) is 0 Å². The lowest BCUT2D eigenvalue weighted by atomic mass is 10.1. The summed E-state index contributed by atoms with van der Waals surface area (Å²) < 4.78 is 13.9. The van der Waals surface area contributed by atoms with Gasteiger partial charge in [0.25, 0.3) is 0 Å². The van der Waals surface area contributed by atoms with E-state index in [9.17, 15) is 4.39 Å². The maximum atomic E-state index is 13.9. The van der Waals surface area contributed by atoms with Crippen molar-refractivity contribution in [1.82, 2.24) is 0 Å². The van der Waals surface area contributed by atoms with Crippen LogP contribution < -0.4 is 4.90 Å². The van der Waals surface area contributed by atoms with E-state index < -0.39 is 0 Å². The van der Waals surface area contributed by atoms with E-state index >= 15 is 0 Å². The summed E-state index contributed by atoms with van der Waals surface area (Å²) in [7, 11) is 1.92. The van der Waals surface area contributed by atoms with Crippen molar-refractivity contribution < 1.29 is 4.39 Å². The van der Waals surface area contributed by atoms with E-state index in [-0.39, 0.29) is 5.82 Å². The molecule has 0 atom stereocenters. The first-order valence-electron chi connectivity index (χ1n) is 5.28. The van der Waals surface area contributed by atoms with Crippen molar-refractivity contribution in [2.45, 2.75) is 11.9 Å². The zero-order valence-electron chi connectivity index (χ0n) is 9.49. The molecule has 90 valence electrons. The van der Waals surface area contributed by atoms with Gasteiger partial charge in [-0.1, -0.05) is 28.1 Å². The number of rotatable bonds is 4. The van der Waals surface area contributed by atoms with Crippen molar-refractivity contribution in [3.8, 4) is 0 Å². The second kappa shape index (κ2) is 5.65. The van der Waals surface area contributed by atoms with Crippen LogP contribution in [0.1, 0.15) is 11.1 Å². The first-order valence-corrected chi connectivity index (χ1v) is 7.34. The molecule has 0 aliphatic rings. The summed E-state index contributed by atoms with van der Waals surface area (Å²) in [6.45, 7) is 0.727. The summed E-state index contributed by atoms with van der Waals surface area (Å²) >= 11 is 5.06. The van der Waals surface area contributed by atoms with Gasteiger partial charge in [0.05, 0.1) is 5.69 Å². The Balaban J connectivity index is 2.26. The van der Waals surface area contributed by atoms with Crippen LogP contribution in [-0.2, 0) is 11.9 Å². The molecule has 0 saturated carbocycles. The third-order valence-electron chi connectivity index (χ3n) is 2.60. The molecular formula is C13H13BrFNS. The average Bonchev–Trinajstić information content (AvgIpc) is 2.81.